The monoisotopic (exact) mass is 294 g/mol. The topological polar surface area (TPSA) is 37.3 Å². The fourth-order valence-corrected chi connectivity index (χ4v) is 3.93. The van der Waals surface area contributed by atoms with Gasteiger partial charge < -0.3 is 5.11 Å². The first-order valence-electron chi connectivity index (χ1n) is 8.07. The van der Waals surface area contributed by atoms with Crippen LogP contribution in [0.2, 0.25) is 0 Å². The van der Waals surface area contributed by atoms with Gasteiger partial charge >= 0.3 is 5.97 Å². The SMILES string of the molecule is O=C(O)C1(C(c2ccccc2)c2ccccc2)CCCCC1. The molecular weight excluding hydrogens is 272 g/mol. The molecular formula is C20H22O2. The Morgan fingerprint density at radius 3 is 1.68 bits per heavy atom. The van der Waals surface area contributed by atoms with Gasteiger partial charge in [-0.2, -0.15) is 0 Å². The number of rotatable bonds is 4. The summed E-state index contributed by atoms with van der Waals surface area (Å²) in [5.41, 5.74) is 1.54. The van der Waals surface area contributed by atoms with E-state index in [4.69, 9.17) is 0 Å². The molecule has 0 unspecified atom stereocenters. The summed E-state index contributed by atoms with van der Waals surface area (Å²) in [6.45, 7) is 0. The van der Waals surface area contributed by atoms with Gasteiger partial charge in [0.2, 0.25) is 0 Å². The molecule has 1 N–H and O–H groups in total. The Hall–Kier alpha value is -2.09. The van der Waals surface area contributed by atoms with Gasteiger partial charge in [-0.15, -0.1) is 0 Å². The Labute approximate surface area is 131 Å². The Kier molecular flexibility index (Phi) is 4.28. The average Bonchev–Trinajstić information content (AvgIpc) is 2.58. The lowest BCUT2D eigenvalue weighted by Gasteiger charge is -2.40. The number of aliphatic carboxylic acids is 1. The van der Waals surface area contributed by atoms with Crippen LogP contribution in [0, 0.1) is 5.41 Å². The van der Waals surface area contributed by atoms with Crippen molar-refractivity contribution in [1.29, 1.82) is 0 Å². The first-order chi connectivity index (χ1) is 10.7. The molecule has 2 aromatic carbocycles. The van der Waals surface area contributed by atoms with Gasteiger partial charge in [-0.25, -0.2) is 0 Å². The van der Waals surface area contributed by atoms with E-state index < -0.39 is 11.4 Å². The molecule has 1 saturated carbocycles. The molecule has 0 aromatic heterocycles. The standard InChI is InChI=1S/C20H22O2/c21-19(22)20(14-8-3-9-15-20)18(16-10-4-1-5-11-16)17-12-6-2-7-13-17/h1-2,4-7,10-13,18H,3,8-9,14-15H2,(H,21,22). The van der Waals surface area contributed by atoms with Gasteiger partial charge in [0.15, 0.2) is 0 Å². The number of benzene rings is 2. The molecule has 0 heterocycles. The predicted octanol–water partition coefficient (Wildman–Crippen LogP) is 4.85. The highest BCUT2D eigenvalue weighted by Crippen LogP contribution is 2.50. The normalized spacial score (nSPS) is 17.3. The van der Waals surface area contributed by atoms with E-state index in [1.165, 1.54) is 0 Å². The Balaban J connectivity index is 2.14. The van der Waals surface area contributed by atoms with Crippen LogP contribution in [0.1, 0.15) is 49.1 Å². The van der Waals surface area contributed by atoms with Crippen LogP contribution in [0.15, 0.2) is 60.7 Å². The summed E-state index contributed by atoms with van der Waals surface area (Å²) in [5.74, 6) is -0.724. The van der Waals surface area contributed by atoms with E-state index in [2.05, 4.69) is 24.3 Å². The minimum atomic E-state index is -0.680. The van der Waals surface area contributed by atoms with E-state index in [1.54, 1.807) is 0 Å². The molecule has 0 amide bonds. The summed E-state index contributed by atoms with van der Waals surface area (Å²) in [4.78, 5) is 12.3. The third kappa shape index (κ3) is 2.66. The molecule has 2 aromatic rings. The van der Waals surface area contributed by atoms with Gasteiger partial charge in [0.1, 0.15) is 0 Å². The maximum absolute atomic E-state index is 12.3. The summed E-state index contributed by atoms with van der Waals surface area (Å²) in [5, 5.41) is 10.1. The van der Waals surface area contributed by atoms with E-state index in [0.29, 0.717) is 0 Å². The highest BCUT2D eigenvalue weighted by molar-refractivity contribution is 5.77. The van der Waals surface area contributed by atoms with Crippen LogP contribution < -0.4 is 0 Å². The fourth-order valence-electron chi connectivity index (χ4n) is 3.93. The lowest BCUT2D eigenvalue weighted by molar-refractivity contribution is -0.152. The van der Waals surface area contributed by atoms with E-state index in [0.717, 1.165) is 43.2 Å². The van der Waals surface area contributed by atoms with Gasteiger partial charge in [-0.1, -0.05) is 79.9 Å². The quantitative estimate of drug-likeness (QED) is 0.875. The molecule has 2 nitrogen and oxygen atoms in total. The van der Waals surface area contributed by atoms with E-state index in [1.807, 2.05) is 36.4 Å². The van der Waals surface area contributed by atoms with E-state index in [9.17, 15) is 9.90 Å². The molecule has 0 bridgehead atoms. The van der Waals surface area contributed by atoms with Gasteiger partial charge in [-0.05, 0) is 24.0 Å². The molecule has 0 spiro atoms. The van der Waals surface area contributed by atoms with E-state index in [-0.39, 0.29) is 5.92 Å². The van der Waals surface area contributed by atoms with Crippen molar-refractivity contribution in [3.8, 4) is 0 Å². The lowest BCUT2D eigenvalue weighted by atomic mass is 9.61. The molecule has 3 rings (SSSR count). The number of carboxylic acids is 1. The highest BCUT2D eigenvalue weighted by atomic mass is 16.4. The molecule has 0 saturated heterocycles. The minimum absolute atomic E-state index is 0.0762. The molecule has 0 radical (unpaired) electrons. The van der Waals surface area contributed by atoms with Gasteiger partial charge in [0.25, 0.3) is 0 Å². The fraction of sp³-hybridized carbons (Fsp3) is 0.350. The maximum atomic E-state index is 12.3. The van der Waals surface area contributed by atoms with Crippen molar-refractivity contribution in [2.45, 2.75) is 38.0 Å². The smallest absolute Gasteiger partial charge is 0.310 e. The van der Waals surface area contributed by atoms with Crippen molar-refractivity contribution in [2.24, 2.45) is 5.41 Å². The van der Waals surface area contributed by atoms with Crippen LogP contribution >= 0.6 is 0 Å². The van der Waals surface area contributed by atoms with Crippen molar-refractivity contribution >= 4 is 5.97 Å². The second kappa shape index (κ2) is 6.35. The summed E-state index contributed by atoms with van der Waals surface area (Å²) < 4.78 is 0. The largest absolute Gasteiger partial charge is 0.481 e. The van der Waals surface area contributed by atoms with Crippen molar-refractivity contribution < 1.29 is 9.90 Å². The van der Waals surface area contributed by atoms with E-state index >= 15 is 0 Å². The minimum Gasteiger partial charge on any atom is -0.481 e. The Morgan fingerprint density at radius 2 is 1.27 bits per heavy atom. The second-order valence-electron chi connectivity index (χ2n) is 6.28. The summed E-state index contributed by atoms with van der Waals surface area (Å²) in [6.07, 6.45) is 4.67. The summed E-state index contributed by atoms with van der Waals surface area (Å²) >= 11 is 0. The van der Waals surface area contributed by atoms with Crippen LogP contribution in [0.25, 0.3) is 0 Å². The molecule has 1 fully saturated rings. The zero-order valence-electron chi connectivity index (χ0n) is 12.7. The molecule has 22 heavy (non-hydrogen) atoms. The van der Waals surface area contributed by atoms with Crippen molar-refractivity contribution in [1.82, 2.24) is 0 Å². The highest BCUT2D eigenvalue weighted by Gasteiger charge is 2.47. The van der Waals surface area contributed by atoms with Gasteiger partial charge in [0.05, 0.1) is 5.41 Å². The average molecular weight is 294 g/mol. The summed E-state index contributed by atoms with van der Waals surface area (Å²) in [7, 11) is 0. The number of carboxylic acid groups (broad SMARTS) is 1. The number of hydrogen-bond donors (Lipinski definition) is 1. The molecule has 1 aliphatic carbocycles. The molecule has 0 aliphatic heterocycles. The molecule has 2 heteroatoms. The third-order valence-electron chi connectivity index (χ3n) is 4.99. The van der Waals surface area contributed by atoms with Crippen molar-refractivity contribution in [2.75, 3.05) is 0 Å². The first-order valence-corrected chi connectivity index (χ1v) is 8.07. The number of hydrogen-bond acceptors (Lipinski definition) is 1. The molecule has 114 valence electrons. The van der Waals surface area contributed by atoms with Crippen LogP contribution in [0.3, 0.4) is 0 Å². The van der Waals surface area contributed by atoms with Crippen LogP contribution in [0.4, 0.5) is 0 Å². The van der Waals surface area contributed by atoms with Gasteiger partial charge in [-0.3, -0.25) is 4.79 Å². The van der Waals surface area contributed by atoms with Crippen LogP contribution in [0.5, 0.6) is 0 Å². The summed E-state index contributed by atoms with van der Waals surface area (Å²) in [6, 6.07) is 20.3. The number of carbonyl (C=O) groups is 1. The zero-order valence-corrected chi connectivity index (χ0v) is 12.7. The molecule has 0 atom stereocenters. The predicted molar refractivity (Wildman–Crippen MR) is 87.9 cm³/mol. The zero-order chi connectivity index (χ0) is 15.4. The maximum Gasteiger partial charge on any atom is 0.310 e. The van der Waals surface area contributed by atoms with Crippen LogP contribution in [-0.2, 0) is 4.79 Å². The van der Waals surface area contributed by atoms with Crippen LogP contribution in [-0.4, -0.2) is 11.1 Å². The molecule has 1 aliphatic rings. The first kappa shape index (κ1) is 14.8. The second-order valence-corrected chi connectivity index (χ2v) is 6.28. The Bertz CT molecular complexity index is 573. The Morgan fingerprint density at radius 1 is 0.818 bits per heavy atom. The van der Waals surface area contributed by atoms with Crippen molar-refractivity contribution in [3.05, 3.63) is 71.8 Å². The lowest BCUT2D eigenvalue weighted by Crippen LogP contribution is -2.39. The third-order valence-corrected chi connectivity index (χ3v) is 4.99. The van der Waals surface area contributed by atoms with Crippen molar-refractivity contribution in [3.63, 3.8) is 0 Å². The van der Waals surface area contributed by atoms with Gasteiger partial charge in [0, 0.05) is 5.92 Å².